The molecular formula is C14H10N4O2. The van der Waals surface area contributed by atoms with Crippen molar-refractivity contribution in [3.63, 3.8) is 0 Å². The number of pyridine rings is 1. The smallest absolute Gasteiger partial charge is 0.297 e. The number of hydrogen-bond acceptors (Lipinski definition) is 4. The zero-order valence-corrected chi connectivity index (χ0v) is 10.3. The summed E-state index contributed by atoms with van der Waals surface area (Å²) in [7, 11) is 0. The van der Waals surface area contributed by atoms with Gasteiger partial charge < -0.3 is 10.7 Å². The van der Waals surface area contributed by atoms with Crippen LogP contribution in [0.5, 0.6) is 0 Å². The molecule has 2 heterocycles. The maximum Gasteiger partial charge on any atom is 0.297 e. The maximum absolute atomic E-state index is 11.7. The molecule has 6 heteroatoms. The molecule has 6 nitrogen and oxygen atoms in total. The Balaban J connectivity index is 2.18. The van der Waals surface area contributed by atoms with Gasteiger partial charge in [0.15, 0.2) is 0 Å². The third-order valence-electron chi connectivity index (χ3n) is 3.01. The fraction of sp³-hybridized carbons (Fsp3) is 0. The van der Waals surface area contributed by atoms with Crippen LogP contribution in [0.2, 0.25) is 0 Å². The molecule has 0 unspecified atom stereocenters. The molecule has 3 rings (SSSR count). The van der Waals surface area contributed by atoms with E-state index in [1.165, 1.54) is 0 Å². The lowest BCUT2D eigenvalue weighted by Gasteiger charge is -2.08. The van der Waals surface area contributed by atoms with E-state index < -0.39 is 5.91 Å². The largest absolute Gasteiger partial charge is 0.366 e. The Hall–Kier alpha value is -3.02. The third kappa shape index (κ3) is 1.93. The zero-order valence-electron chi connectivity index (χ0n) is 10.3. The fourth-order valence-corrected chi connectivity index (χ4v) is 2.00. The predicted octanol–water partition coefficient (Wildman–Crippen LogP) is 1.04. The van der Waals surface area contributed by atoms with Gasteiger partial charge in [0.05, 0.1) is 11.3 Å². The van der Waals surface area contributed by atoms with Gasteiger partial charge in [-0.1, -0.05) is 12.1 Å². The second kappa shape index (κ2) is 4.58. The van der Waals surface area contributed by atoms with Crippen molar-refractivity contribution < 1.29 is 4.79 Å². The lowest BCUT2D eigenvalue weighted by atomic mass is 10.0. The van der Waals surface area contributed by atoms with Crippen molar-refractivity contribution in [2.45, 2.75) is 0 Å². The van der Waals surface area contributed by atoms with Crippen molar-refractivity contribution in [2.75, 3.05) is 0 Å². The van der Waals surface area contributed by atoms with Crippen molar-refractivity contribution in [1.29, 1.82) is 0 Å². The average Bonchev–Trinajstić information content (AvgIpc) is 2.48. The number of hydrogen-bond donors (Lipinski definition) is 2. The number of carbonyl (C=O) groups is 1. The summed E-state index contributed by atoms with van der Waals surface area (Å²) in [6, 6.07) is 10.1. The summed E-state index contributed by atoms with van der Waals surface area (Å²) in [4.78, 5) is 25.7. The van der Waals surface area contributed by atoms with Gasteiger partial charge in [-0.05, 0) is 24.3 Å². The van der Waals surface area contributed by atoms with Crippen molar-refractivity contribution in [2.24, 2.45) is 5.73 Å². The number of aromatic nitrogens is 3. The lowest BCUT2D eigenvalue weighted by molar-refractivity contribution is 0.100. The number of aromatic amines is 1. The molecule has 2 aliphatic heterocycles. The van der Waals surface area contributed by atoms with Gasteiger partial charge in [-0.3, -0.25) is 9.59 Å². The molecule has 1 aromatic rings. The normalized spacial score (nSPS) is 10.6. The Kier molecular flexibility index (Phi) is 2.76. The van der Waals surface area contributed by atoms with Crippen molar-refractivity contribution in [3.8, 4) is 22.5 Å². The Bertz CT molecular complexity index is 808. The van der Waals surface area contributed by atoms with Crippen LogP contribution >= 0.6 is 0 Å². The van der Waals surface area contributed by atoms with Crippen molar-refractivity contribution >= 4 is 5.91 Å². The van der Waals surface area contributed by atoms with E-state index in [4.69, 9.17) is 5.73 Å². The molecular weight excluding hydrogens is 256 g/mol. The summed E-state index contributed by atoms with van der Waals surface area (Å²) in [6.45, 7) is 0. The molecule has 0 saturated carbocycles. The topological polar surface area (TPSA) is 102 Å². The number of carbonyl (C=O) groups excluding carboxylic acids is 1. The van der Waals surface area contributed by atoms with Crippen LogP contribution in [-0.2, 0) is 0 Å². The highest BCUT2D eigenvalue weighted by Gasteiger charge is 2.15. The number of nitrogens with zero attached hydrogens (tertiary/aromatic N) is 2. The lowest BCUT2D eigenvalue weighted by Crippen LogP contribution is -2.14. The summed E-state index contributed by atoms with van der Waals surface area (Å²) >= 11 is 0. The van der Waals surface area contributed by atoms with Crippen LogP contribution in [-0.4, -0.2) is 21.1 Å². The van der Waals surface area contributed by atoms with E-state index in [0.717, 1.165) is 5.56 Å². The molecule has 3 N–H and O–H groups in total. The number of H-pyrrole nitrogens is 1. The second-order valence-corrected chi connectivity index (χ2v) is 4.25. The SMILES string of the molecule is NC(=O)c1ccc(-c2nnc(=O)c3ccc[nH]c2-3)cc1. The first-order valence-electron chi connectivity index (χ1n) is 5.91. The monoisotopic (exact) mass is 266 g/mol. The summed E-state index contributed by atoms with van der Waals surface area (Å²) in [6.07, 6.45) is 1.71. The highest BCUT2D eigenvalue weighted by Crippen LogP contribution is 2.26. The molecule has 1 aromatic carbocycles. The minimum atomic E-state index is -0.492. The number of primary amides is 1. The molecule has 0 aromatic heterocycles. The van der Waals surface area contributed by atoms with Gasteiger partial charge in [0.1, 0.15) is 5.69 Å². The standard InChI is InChI=1S/C14H10N4O2/c15-13(19)9-5-3-8(4-6-9)11-12-10(2-1-7-16-12)14(20)18-17-11/h1-7,16H,(H2,15,19). The van der Waals surface area contributed by atoms with Crippen LogP contribution < -0.4 is 11.3 Å². The minimum absolute atomic E-state index is 0.380. The molecule has 98 valence electrons. The van der Waals surface area contributed by atoms with E-state index in [9.17, 15) is 9.59 Å². The Labute approximate surface area is 113 Å². The van der Waals surface area contributed by atoms with Crippen molar-refractivity contribution in [1.82, 2.24) is 15.2 Å². The van der Waals surface area contributed by atoms with E-state index in [1.807, 2.05) is 0 Å². The quantitative estimate of drug-likeness (QED) is 0.723. The molecule has 0 radical (unpaired) electrons. The van der Waals surface area contributed by atoms with Gasteiger partial charge in [0.2, 0.25) is 5.91 Å². The number of rotatable bonds is 2. The van der Waals surface area contributed by atoms with Gasteiger partial charge in [-0.15, -0.1) is 10.2 Å². The minimum Gasteiger partial charge on any atom is -0.366 e. The first kappa shape index (κ1) is 12.0. The van der Waals surface area contributed by atoms with E-state index in [2.05, 4.69) is 15.2 Å². The average molecular weight is 266 g/mol. The molecule has 0 saturated heterocycles. The van der Waals surface area contributed by atoms with E-state index in [0.29, 0.717) is 22.5 Å². The van der Waals surface area contributed by atoms with Gasteiger partial charge in [-0.25, -0.2) is 0 Å². The van der Waals surface area contributed by atoms with Gasteiger partial charge >= 0.3 is 0 Å². The van der Waals surface area contributed by atoms with Crippen LogP contribution in [0.4, 0.5) is 0 Å². The van der Waals surface area contributed by atoms with Crippen LogP contribution in [0, 0.1) is 0 Å². The molecule has 1 amide bonds. The summed E-state index contributed by atoms with van der Waals surface area (Å²) in [5, 5.41) is 7.57. The van der Waals surface area contributed by atoms with Crippen LogP contribution in [0.15, 0.2) is 47.4 Å². The van der Waals surface area contributed by atoms with Crippen LogP contribution in [0.25, 0.3) is 22.5 Å². The summed E-state index contributed by atoms with van der Waals surface area (Å²) in [5.74, 6) is -0.492. The van der Waals surface area contributed by atoms with E-state index in [-0.39, 0.29) is 5.56 Å². The van der Waals surface area contributed by atoms with Crippen LogP contribution in [0.3, 0.4) is 0 Å². The fourth-order valence-electron chi connectivity index (χ4n) is 2.00. The Morgan fingerprint density at radius 3 is 2.55 bits per heavy atom. The van der Waals surface area contributed by atoms with Crippen LogP contribution in [0.1, 0.15) is 10.4 Å². The molecule has 2 aliphatic rings. The predicted molar refractivity (Wildman–Crippen MR) is 73.2 cm³/mol. The second-order valence-electron chi connectivity index (χ2n) is 4.25. The summed E-state index contributed by atoms with van der Waals surface area (Å²) in [5.41, 5.74) is 7.61. The van der Waals surface area contributed by atoms with Gasteiger partial charge in [0, 0.05) is 17.3 Å². The number of nitrogens with two attached hydrogens (primary N) is 1. The molecule has 0 bridgehead atoms. The highest BCUT2D eigenvalue weighted by atomic mass is 16.1. The first-order chi connectivity index (χ1) is 9.66. The van der Waals surface area contributed by atoms with Crippen molar-refractivity contribution in [3.05, 3.63) is 58.5 Å². The number of fused-ring (bicyclic) bond motifs is 1. The maximum atomic E-state index is 11.7. The number of nitrogens with one attached hydrogen (secondary N) is 1. The third-order valence-corrected chi connectivity index (χ3v) is 3.01. The van der Waals surface area contributed by atoms with E-state index in [1.54, 1.807) is 42.6 Å². The zero-order chi connectivity index (χ0) is 14.1. The number of amides is 1. The molecule has 0 atom stereocenters. The van der Waals surface area contributed by atoms with Gasteiger partial charge in [-0.2, -0.15) is 0 Å². The van der Waals surface area contributed by atoms with E-state index >= 15 is 0 Å². The van der Waals surface area contributed by atoms with Gasteiger partial charge in [0.25, 0.3) is 5.56 Å². The molecule has 20 heavy (non-hydrogen) atoms. The number of benzene rings is 1. The Morgan fingerprint density at radius 1 is 1.10 bits per heavy atom. The summed E-state index contributed by atoms with van der Waals surface area (Å²) < 4.78 is 0. The molecule has 0 aliphatic carbocycles. The first-order valence-corrected chi connectivity index (χ1v) is 5.91. The highest BCUT2D eigenvalue weighted by molar-refractivity contribution is 5.93. The Morgan fingerprint density at radius 2 is 1.85 bits per heavy atom. The molecule has 0 fully saturated rings. The molecule has 0 spiro atoms.